The van der Waals surface area contributed by atoms with Crippen LogP contribution in [0.1, 0.15) is 40.0 Å². The molecule has 0 saturated carbocycles. The summed E-state index contributed by atoms with van der Waals surface area (Å²) in [5, 5.41) is 18.7. The van der Waals surface area contributed by atoms with Crippen molar-refractivity contribution in [1.29, 1.82) is 0 Å². The molecule has 0 aliphatic carbocycles. The van der Waals surface area contributed by atoms with E-state index in [4.69, 9.17) is 16.6 Å². The Hall–Kier alpha value is -0.160. The van der Waals surface area contributed by atoms with E-state index >= 15 is 0 Å². The molecule has 0 aliphatic rings. The summed E-state index contributed by atoms with van der Waals surface area (Å²) < 4.78 is 0. The van der Waals surface area contributed by atoms with Gasteiger partial charge in [-0.15, -0.1) is 0 Å². The molecule has 2 atom stereocenters. The molecular weight excluding hydrogens is 180 g/mol. The molecule has 2 unspecified atom stereocenters. The Bertz CT molecular complexity index is 164. The third-order valence-corrected chi connectivity index (χ3v) is 2.04. The maximum Gasteiger partial charge on any atom is 0.0651 e. The molecule has 0 saturated heterocycles. The summed E-state index contributed by atoms with van der Waals surface area (Å²) in [6, 6.07) is -0.169. The molecule has 0 bridgehead atoms. The lowest BCUT2D eigenvalue weighted by Gasteiger charge is -2.32. The zero-order chi connectivity index (χ0) is 11.4. The highest BCUT2D eigenvalue weighted by molar-refractivity contribution is 4.87. The second-order valence-electron chi connectivity index (χ2n) is 5.14. The van der Waals surface area contributed by atoms with Crippen molar-refractivity contribution in [3.8, 4) is 0 Å². The van der Waals surface area contributed by atoms with Gasteiger partial charge in [0, 0.05) is 18.2 Å². The first kappa shape index (κ1) is 13.8. The molecule has 0 aromatic heterocycles. The average molecular weight is 204 g/mol. The van der Waals surface area contributed by atoms with Gasteiger partial charge in [-0.25, -0.2) is 0 Å². The van der Waals surface area contributed by atoms with Gasteiger partial charge in [-0.2, -0.15) is 0 Å². The van der Waals surface area contributed by atoms with Crippen molar-refractivity contribution in [2.75, 3.05) is 6.61 Å². The van der Waals surface area contributed by atoms with Gasteiger partial charge in [-0.05, 0) is 40.0 Å². The largest absolute Gasteiger partial charge is 0.396 e. The van der Waals surface area contributed by atoms with Crippen LogP contribution in [0.25, 0.3) is 0 Å². The van der Waals surface area contributed by atoms with Gasteiger partial charge in [-0.3, -0.25) is 0 Å². The van der Waals surface area contributed by atoms with Gasteiger partial charge < -0.3 is 21.7 Å². The highest BCUT2D eigenvalue weighted by atomic mass is 16.3. The zero-order valence-corrected chi connectivity index (χ0v) is 9.45. The fourth-order valence-electron chi connectivity index (χ4n) is 1.89. The summed E-state index contributed by atoms with van der Waals surface area (Å²) >= 11 is 0. The molecule has 0 radical (unpaired) electrons. The van der Waals surface area contributed by atoms with Crippen LogP contribution < -0.4 is 11.5 Å². The Morgan fingerprint density at radius 3 is 2.14 bits per heavy atom. The topological polar surface area (TPSA) is 92.5 Å². The van der Waals surface area contributed by atoms with Crippen molar-refractivity contribution < 1.29 is 10.2 Å². The van der Waals surface area contributed by atoms with Crippen LogP contribution in [0.2, 0.25) is 0 Å². The maximum atomic E-state index is 10.0. The van der Waals surface area contributed by atoms with Gasteiger partial charge in [0.15, 0.2) is 0 Å². The lowest BCUT2D eigenvalue weighted by Crippen LogP contribution is -2.44. The fraction of sp³-hybridized carbons (Fsp3) is 1.00. The van der Waals surface area contributed by atoms with Crippen LogP contribution in [0.3, 0.4) is 0 Å². The maximum absolute atomic E-state index is 10.0. The minimum atomic E-state index is -0.854. The highest BCUT2D eigenvalue weighted by Gasteiger charge is 2.29. The minimum Gasteiger partial charge on any atom is -0.396 e. The second kappa shape index (κ2) is 5.07. The Balaban J connectivity index is 4.06. The predicted molar refractivity (Wildman–Crippen MR) is 57.8 cm³/mol. The van der Waals surface area contributed by atoms with Gasteiger partial charge in [0.25, 0.3) is 0 Å². The number of rotatable bonds is 6. The Morgan fingerprint density at radius 2 is 1.79 bits per heavy atom. The molecule has 14 heavy (non-hydrogen) atoms. The zero-order valence-electron chi connectivity index (χ0n) is 9.45. The normalized spacial score (nSPS) is 19.1. The van der Waals surface area contributed by atoms with Crippen LogP contribution >= 0.6 is 0 Å². The summed E-state index contributed by atoms with van der Waals surface area (Å²) in [7, 11) is 0. The summed E-state index contributed by atoms with van der Waals surface area (Å²) in [6.45, 7) is 5.54. The molecule has 4 nitrogen and oxygen atoms in total. The summed E-state index contributed by atoms with van der Waals surface area (Å²) in [5.41, 5.74) is 10.3. The van der Waals surface area contributed by atoms with E-state index in [9.17, 15) is 5.11 Å². The lowest BCUT2D eigenvalue weighted by atomic mass is 9.84. The molecule has 4 heteroatoms. The molecule has 0 heterocycles. The lowest BCUT2D eigenvalue weighted by molar-refractivity contribution is 0.0167. The summed E-state index contributed by atoms with van der Waals surface area (Å²) in [4.78, 5) is 0. The van der Waals surface area contributed by atoms with E-state index in [0.717, 1.165) is 0 Å². The van der Waals surface area contributed by atoms with Crippen molar-refractivity contribution in [2.24, 2.45) is 11.5 Å². The average Bonchev–Trinajstić information content (AvgIpc) is 1.78. The molecule has 86 valence electrons. The molecule has 6 N–H and O–H groups in total. The van der Waals surface area contributed by atoms with E-state index < -0.39 is 11.1 Å². The summed E-state index contributed by atoms with van der Waals surface area (Å²) in [6.07, 6.45) is 1.48. The fourth-order valence-corrected chi connectivity index (χ4v) is 1.89. The Kier molecular flexibility index (Phi) is 5.01. The van der Waals surface area contributed by atoms with Crippen LogP contribution in [0.4, 0.5) is 0 Å². The third-order valence-electron chi connectivity index (χ3n) is 2.04. The van der Waals surface area contributed by atoms with Crippen LogP contribution in [-0.4, -0.2) is 34.0 Å². The highest BCUT2D eigenvalue weighted by Crippen LogP contribution is 2.23. The number of hydrogen-bond acceptors (Lipinski definition) is 4. The Labute approximate surface area is 86.3 Å². The SMILES string of the molecule is CC(C)(N)CC(C)(O)CC(N)CCO. The first-order valence-corrected chi connectivity index (χ1v) is 5.04. The minimum absolute atomic E-state index is 0.0588. The van der Waals surface area contributed by atoms with Crippen LogP contribution in [0.15, 0.2) is 0 Å². The molecule has 0 rings (SSSR count). The molecule has 0 aliphatic heterocycles. The number of nitrogens with two attached hydrogens (primary N) is 2. The summed E-state index contributed by atoms with van der Waals surface area (Å²) in [5.74, 6) is 0. The number of hydrogen-bond donors (Lipinski definition) is 4. The smallest absolute Gasteiger partial charge is 0.0651 e. The molecular formula is C10H24N2O2. The van der Waals surface area contributed by atoms with Gasteiger partial charge in [0.1, 0.15) is 0 Å². The third kappa shape index (κ3) is 7.26. The molecule has 0 amide bonds. The number of aliphatic hydroxyl groups excluding tert-OH is 1. The van der Waals surface area contributed by atoms with Crippen molar-refractivity contribution in [3.05, 3.63) is 0 Å². The first-order valence-electron chi connectivity index (χ1n) is 5.04. The monoisotopic (exact) mass is 204 g/mol. The van der Waals surface area contributed by atoms with Crippen LogP contribution in [-0.2, 0) is 0 Å². The van der Waals surface area contributed by atoms with Gasteiger partial charge in [0.05, 0.1) is 5.60 Å². The van der Waals surface area contributed by atoms with E-state index in [1.807, 2.05) is 13.8 Å². The predicted octanol–water partition coefficient (Wildman–Crippen LogP) is -0.0354. The quantitative estimate of drug-likeness (QED) is 0.488. The Morgan fingerprint density at radius 1 is 1.29 bits per heavy atom. The molecule has 0 aromatic rings. The van der Waals surface area contributed by atoms with Crippen LogP contribution in [0, 0.1) is 0 Å². The van der Waals surface area contributed by atoms with Crippen molar-refractivity contribution in [1.82, 2.24) is 0 Å². The standard InChI is InChI=1S/C10H24N2O2/c1-9(2,12)7-10(3,14)6-8(11)4-5-13/h8,13-14H,4-7,11-12H2,1-3H3. The molecule has 0 aromatic carbocycles. The van der Waals surface area contributed by atoms with E-state index in [1.54, 1.807) is 6.92 Å². The van der Waals surface area contributed by atoms with E-state index in [2.05, 4.69) is 0 Å². The number of aliphatic hydroxyl groups is 2. The van der Waals surface area contributed by atoms with Crippen molar-refractivity contribution in [3.63, 3.8) is 0 Å². The van der Waals surface area contributed by atoms with E-state index in [-0.39, 0.29) is 12.6 Å². The van der Waals surface area contributed by atoms with Gasteiger partial charge >= 0.3 is 0 Å². The molecule has 0 spiro atoms. The molecule has 0 fully saturated rings. The van der Waals surface area contributed by atoms with E-state index in [0.29, 0.717) is 19.3 Å². The van der Waals surface area contributed by atoms with Crippen LogP contribution in [0.5, 0.6) is 0 Å². The van der Waals surface area contributed by atoms with E-state index in [1.165, 1.54) is 0 Å². The van der Waals surface area contributed by atoms with Crippen molar-refractivity contribution >= 4 is 0 Å². The van der Waals surface area contributed by atoms with Gasteiger partial charge in [-0.1, -0.05) is 0 Å². The van der Waals surface area contributed by atoms with Crippen molar-refractivity contribution in [2.45, 2.75) is 57.2 Å². The van der Waals surface area contributed by atoms with Gasteiger partial charge in [0.2, 0.25) is 0 Å². The first-order chi connectivity index (χ1) is 6.16. The second-order valence-corrected chi connectivity index (χ2v) is 5.14.